The van der Waals surface area contributed by atoms with Crippen LogP contribution in [0.1, 0.15) is 63.9 Å². The summed E-state index contributed by atoms with van der Waals surface area (Å²) in [5.41, 5.74) is 2.46. The highest BCUT2D eigenvalue weighted by Crippen LogP contribution is 2.42. The van der Waals surface area contributed by atoms with E-state index in [1.165, 1.54) is 0 Å². The van der Waals surface area contributed by atoms with Crippen molar-refractivity contribution < 1.29 is 64.5 Å². The van der Waals surface area contributed by atoms with Crippen LogP contribution in [0.5, 0.6) is 6.01 Å². The van der Waals surface area contributed by atoms with Crippen molar-refractivity contribution in [2.75, 3.05) is 55.7 Å². The van der Waals surface area contributed by atoms with Crippen LogP contribution in [0.25, 0.3) is 22.2 Å². The summed E-state index contributed by atoms with van der Waals surface area (Å²) in [6.07, 6.45) is -2.34. The third-order valence-electron chi connectivity index (χ3n) is 11.2. The van der Waals surface area contributed by atoms with Gasteiger partial charge in [-0.3, -0.25) is 14.7 Å². The molecular formula is C38H43F8N7O6. The molecule has 3 aromatic rings. The van der Waals surface area contributed by atoms with E-state index in [9.17, 15) is 35.5 Å². The van der Waals surface area contributed by atoms with Gasteiger partial charge >= 0.3 is 30.3 Å². The number of halogens is 8. The predicted molar refractivity (Wildman–Crippen MR) is 196 cm³/mol. The normalized spacial score (nSPS) is 24.4. The number of carboxylic acids is 2. The van der Waals surface area contributed by atoms with Gasteiger partial charge in [-0.25, -0.2) is 18.4 Å². The van der Waals surface area contributed by atoms with E-state index in [1.54, 1.807) is 6.20 Å². The number of hydrogen-bond acceptors (Lipinski definition) is 10. The molecule has 0 aliphatic carbocycles. The van der Waals surface area contributed by atoms with Gasteiger partial charge in [-0.2, -0.15) is 36.3 Å². The molecule has 6 aliphatic heterocycles. The second-order valence-corrected chi connectivity index (χ2v) is 15.6. The van der Waals surface area contributed by atoms with Crippen molar-refractivity contribution in [2.24, 2.45) is 0 Å². The Kier molecular flexibility index (Phi) is 12.4. The molecule has 59 heavy (non-hydrogen) atoms. The van der Waals surface area contributed by atoms with E-state index in [0.29, 0.717) is 56.6 Å². The molecule has 6 bridgehead atoms. The maximum absolute atomic E-state index is 16.9. The number of aryl methyl sites for hydroxylation is 1. The molecule has 1 aromatic carbocycles. The summed E-state index contributed by atoms with van der Waals surface area (Å²) in [4.78, 5) is 51.9. The number of hydrogen-bond donors (Lipinski definition) is 3. The maximum Gasteiger partial charge on any atom is 0.490 e. The van der Waals surface area contributed by atoms with Crippen molar-refractivity contribution in [1.82, 2.24) is 25.2 Å². The van der Waals surface area contributed by atoms with Gasteiger partial charge in [0.1, 0.15) is 29.8 Å². The smallest absolute Gasteiger partial charge is 0.475 e. The Morgan fingerprint density at radius 3 is 2.25 bits per heavy atom. The number of para-hydroxylation sites is 1. The number of pyridine rings is 1. The number of aliphatic carboxylic acids is 2. The molecule has 1 amide bonds. The number of amides is 1. The molecule has 3 N–H and O–H groups in total. The minimum Gasteiger partial charge on any atom is -0.475 e. The fourth-order valence-electron chi connectivity index (χ4n) is 8.67. The number of fused-ring (bicyclic) bond motifs is 6. The number of carboxylic acid groups (broad SMARTS) is 2. The number of carbonyl (C=O) groups is 3. The van der Waals surface area contributed by atoms with Gasteiger partial charge in [0, 0.05) is 63.0 Å². The van der Waals surface area contributed by atoms with Crippen LogP contribution in [0.3, 0.4) is 0 Å². The zero-order valence-electron chi connectivity index (χ0n) is 31.9. The molecule has 0 unspecified atom stereocenters. The average Bonchev–Trinajstić information content (AvgIpc) is 3.68. The zero-order chi connectivity index (χ0) is 42.9. The van der Waals surface area contributed by atoms with Crippen LogP contribution < -0.4 is 19.9 Å². The van der Waals surface area contributed by atoms with Crippen LogP contribution in [-0.2, 0) is 20.8 Å². The lowest BCUT2D eigenvalue weighted by molar-refractivity contribution is -0.193. The summed E-state index contributed by atoms with van der Waals surface area (Å²) in [6, 6.07) is 6.09. The van der Waals surface area contributed by atoms with Crippen molar-refractivity contribution in [3.63, 3.8) is 0 Å². The van der Waals surface area contributed by atoms with Gasteiger partial charge in [-0.15, -0.1) is 0 Å². The molecule has 0 radical (unpaired) electrons. The number of aromatic nitrogens is 3. The lowest BCUT2D eigenvalue weighted by Crippen LogP contribution is -2.57. The number of nitrogens with one attached hydrogen (secondary N) is 1. The van der Waals surface area contributed by atoms with Crippen LogP contribution in [-0.4, -0.2) is 123 Å². The number of nitrogens with zero attached hydrogens (tertiary/aromatic N) is 6. The van der Waals surface area contributed by atoms with Gasteiger partial charge in [-0.1, -0.05) is 18.2 Å². The molecule has 3 atom stereocenters. The Morgan fingerprint density at radius 1 is 0.932 bits per heavy atom. The highest BCUT2D eigenvalue weighted by Gasteiger charge is 2.49. The topological polar surface area (TPSA) is 161 Å². The summed E-state index contributed by atoms with van der Waals surface area (Å²) >= 11 is 0. The minimum atomic E-state index is -5.08. The number of ether oxygens (including phenoxy) is 1. The second-order valence-electron chi connectivity index (χ2n) is 15.6. The largest absolute Gasteiger partial charge is 0.490 e. The Morgan fingerprint density at radius 2 is 1.58 bits per heavy atom. The first-order chi connectivity index (χ1) is 27.7. The van der Waals surface area contributed by atoms with Crippen LogP contribution >= 0.6 is 0 Å². The van der Waals surface area contributed by atoms with Crippen molar-refractivity contribution >= 4 is 40.3 Å². The molecule has 0 saturated carbocycles. The van der Waals surface area contributed by atoms with Gasteiger partial charge in [0.05, 0.1) is 16.5 Å². The maximum atomic E-state index is 16.9. The molecule has 8 heterocycles. The van der Waals surface area contributed by atoms with Gasteiger partial charge < -0.3 is 30.1 Å². The SMILES string of the molecule is C[C@@]12CCCN(C1)c1nc(OC[C@@]34CCCN3C[C@H](F)C4)nc3c(F)c(ncc13)-c1cccc3c1N(CCCC(=O)N2)CCC3.O=C(O)C(F)(F)F.O=C(O)C(F)(F)F. The third kappa shape index (κ3) is 9.70. The second kappa shape index (κ2) is 16.9. The Bertz CT molecular complexity index is 2050. The average molecular weight is 846 g/mol. The number of anilines is 2. The van der Waals surface area contributed by atoms with Gasteiger partial charge in [0.25, 0.3) is 0 Å². The van der Waals surface area contributed by atoms with Crippen molar-refractivity contribution in [2.45, 2.75) is 94.3 Å². The van der Waals surface area contributed by atoms with E-state index < -0.39 is 41.8 Å². The fraction of sp³-hybridized carbons (Fsp3) is 0.579. The number of alkyl halides is 7. The lowest BCUT2D eigenvalue weighted by Gasteiger charge is -2.42. The van der Waals surface area contributed by atoms with E-state index in [-0.39, 0.29) is 35.3 Å². The Balaban J connectivity index is 0.000000361. The molecule has 3 saturated heterocycles. The number of piperidine rings is 1. The third-order valence-corrected chi connectivity index (χ3v) is 11.2. The first-order valence-electron chi connectivity index (χ1n) is 19.1. The molecule has 3 fully saturated rings. The Labute approximate surface area is 332 Å². The standard InChI is InChI=1S/C34H41F2N7O2.2C2HF3O2/c1-33-11-5-15-42(20-33)31-25-18-37-28(24-9-2-7-22-8-3-13-41(30(22)24)14-4-10-26(44)40-33)27(36)29(25)38-32(39-31)45-21-34-12-6-16-43(34)19-23(35)17-34;2*3-2(4,5)1(6)7/h2,7,9,18,23H,3-6,8,10-17,19-21H2,1H3,(H,40,44);2*(H,6,7)/t23-,33-,34+;;/m1../s1. The quantitative estimate of drug-likeness (QED) is 0.262. The first kappa shape index (κ1) is 43.5. The molecule has 322 valence electrons. The summed E-state index contributed by atoms with van der Waals surface area (Å²) in [5, 5.41) is 18.1. The van der Waals surface area contributed by atoms with E-state index in [0.717, 1.165) is 68.4 Å². The Hall–Kier alpha value is -5.08. The fourth-order valence-corrected chi connectivity index (χ4v) is 8.67. The van der Waals surface area contributed by atoms with Crippen molar-refractivity contribution in [3.05, 3.63) is 35.8 Å². The van der Waals surface area contributed by atoms with E-state index >= 15 is 4.39 Å². The molecule has 0 spiro atoms. The summed E-state index contributed by atoms with van der Waals surface area (Å²) < 4.78 is 101. The molecule has 6 aliphatic rings. The van der Waals surface area contributed by atoms with E-state index in [1.807, 2.05) is 12.1 Å². The van der Waals surface area contributed by atoms with E-state index in [4.69, 9.17) is 34.5 Å². The predicted octanol–water partition coefficient (Wildman–Crippen LogP) is 6.07. The lowest BCUT2D eigenvalue weighted by atomic mass is 9.90. The minimum absolute atomic E-state index is 0.0491. The van der Waals surface area contributed by atoms with Gasteiger partial charge in [-0.05, 0) is 64.0 Å². The molecule has 13 nitrogen and oxygen atoms in total. The highest BCUT2D eigenvalue weighted by atomic mass is 19.4. The monoisotopic (exact) mass is 845 g/mol. The van der Waals surface area contributed by atoms with Crippen LogP contribution in [0.15, 0.2) is 24.4 Å². The van der Waals surface area contributed by atoms with Crippen molar-refractivity contribution in [3.8, 4) is 17.3 Å². The molecule has 9 rings (SSSR count). The molecular weight excluding hydrogens is 802 g/mol. The van der Waals surface area contributed by atoms with Crippen LogP contribution in [0, 0.1) is 5.82 Å². The first-order valence-corrected chi connectivity index (χ1v) is 19.1. The molecule has 21 heteroatoms. The van der Waals surface area contributed by atoms with Gasteiger partial charge in [0.2, 0.25) is 5.91 Å². The van der Waals surface area contributed by atoms with Crippen LogP contribution in [0.2, 0.25) is 0 Å². The number of carbonyl (C=O) groups excluding carboxylic acids is 1. The molecule has 2 aromatic heterocycles. The number of rotatable bonds is 3. The number of benzene rings is 1. The van der Waals surface area contributed by atoms with E-state index in [2.05, 4.69) is 38.0 Å². The van der Waals surface area contributed by atoms with Gasteiger partial charge in [0.15, 0.2) is 5.82 Å². The summed E-state index contributed by atoms with van der Waals surface area (Å²) in [5.74, 6) is -5.41. The zero-order valence-corrected chi connectivity index (χ0v) is 31.9. The highest BCUT2D eigenvalue weighted by molar-refractivity contribution is 5.93. The van der Waals surface area contributed by atoms with Crippen LogP contribution in [0.4, 0.5) is 46.6 Å². The summed E-state index contributed by atoms with van der Waals surface area (Å²) in [7, 11) is 0. The summed E-state index contributed by atoms with van der Waals surface area (Å²) in [6.45, 7) is 6.38. The van der Waals surface area contributed by atoms with Crippen molar-refractivity contribution in [1.29, 1.82) is 0 Å².